The molecule has 1 fully saturated rings. The highest BCUT2D eigenvalue weighted by molar-refractivity contribution is 7.99. The van der Waals surface area contributed by atoms with Gasteiger partial charge in [-0.05, 0) is 49.5 Å². The van der Waals surface area contributed by atoms with E-state index in [0.29, 0.717) is 6.04 Å². The van der Waals surface area contributed by atoms with Gasteiger partial charge in [-0.1, -0.05) is 37.1 Å². The van der Waals surface area contributed by atoms with E-state index in [0.717, 1.165) is 11.3 Å². The Balaban J connectivity index is 1.73. The second kappa shape index (κ2) is 6.32. The van der Waals surface area contributed by atoms with E-state index >= 15 is 0 Å². The van der Waals surface area contributed by atoms with E-state index in [1.54, 1.807) is 11.1 Å². The molecule has 2 aliphatic carbocycles. The molecule has 3 unspecified atom stereocenters. The largest absolute Gasteiger partial charge is 0.306 e. The van der Waals surface area contributed by atoms with Crippen molar-refractivity contribution in [1.82, 2.24) is 5.32 Å². The Hall–Kier alpha value is -0.470. The third-order valence-corrected chi connectivity index (χ3v) is 5.96. The van der Waals surface area contributed by atoms with Crippen LogP contribution >= 0.6 is 11.8 Å². The Morgan fingerprint density at radius 1 is 1.05 bits per heavy atom. The van der Waals surface area contributed by atoms with Crippen molar-refractivity contribution in [2.75, 3.05) is 6.26 Å². The van der Waals surface area contributed by atoms with E-state index in [1.807, 2.05) is 0 Å². The first-order valence-electron chi connectivity index (χ1n) is 7.75. The molecule has 1 saturated carbocycles. The summed E-state index contributed by atoms with van der Waals surface area (Å²) in [5.41, 5.74) is 3.14. The van der Waals surface area contributed by atoms with Crippen molar-refractivity contribution in [1.29, 1.82) is 0 Å². The van der Waals surface area contributed by atoms with Crippen LogP contribution in [0.4, 0.5) is 0 Å². The van der Waals surface area contributed by atoms with E-state index in [4.69, 9.17) is 0 Å². The van der Waals surface area contributed by atoms with E-state index in [1.165, 1.54) is 44.9 Å². The molecule has 3 rings (SSSR count). The van der Waals surface area contributed by atoms with Crippen LogP contribution in [0.2, 0.25) is 0 Å². The molecule has 0 bridgehead atoms. The quantitative estimate of drug-likeness (QED) is 0.881. The first kappa shape index (κ1) is 13.5. The van der Waals surface area contributed by atoms with E-state index in [9.17, 15) is 0 Å². The van der Waals surface area contributed by atoms with Crippen LogP contribution in [0.1, 0.15) is 55.7 Å². The van der Waals surface area contributed by atoms with Crippen molar-refractivity contribution in [2.24, 2.45) is 0 Å². The predicted octanol–water partition coefficient (Wildman–Crippen LogP) is 4.33. The molecule has 1 aromatic rings. The standard InChI is InChI=1S/C17H25NS/c1-19-17-12-5-4-10-16(17)18-15-11-6-8-13-7-2-3-9-14(13)15/h2-3,7,9,15-18H,4-6,8,10-12H2,1H3. The number of nitrogens with one attached hydrogen (secondary N) is 1. The molecule has 1 N–H and O–H groups in total. The molecule has 2 heteroatoms. The van der Waals surface area contributed by atoms with Gasteiger partial charge in [0.05, 0.1) is 0 Å². The van der Waals surface area contributed by atoms with Gasteiger partial charge in [-0.2, -0.15) is 11.8 Å². The van der Waals surface area contributed by atoms with Crippen LogP contribution in [0.25, 0.3) is 0 Å². The summed E-state index contributed by atoms with van der Waals surface area (Å²) in [6, 6.07) is 10.4. The zero-order valence-electron chi connectivity index (χ0n) is 11.9. The fourth-order valence-electron chi connectivity index (χ4n) is 3.76. The van der Waals surface area contributed by atoms with Crippen LogP contribution in [0, 0.1) is 0 Å². The first-order valence-corrected chi connectivity index (χ1v) is 9.04. The molecular formula is C17H25NS. The molecule has 0 amide bonds. The van der Waals surface area contributed by atoms with Crippen molar-refractivity contribution < 1.29 is 0 Å². The van der Waals surface area contributed by atoms with Crippen LogP contribution in [0.15, 0.2) is 24.3 Å². The second-order valence-corrected chi connectivity index (χ2v) is 7.05. The maximum Gasteiger partial charge on any atom is 0.0325 e. The van der Waals surface area contributed by atoms with E-state index < -0.39 is 0 Å². The summed E-state index contributed by atoms with van der Waals surface area (Å²) in [5.74, 6) is 0. The molecule has 0 aliphatic heterocycles. The number of benzene rings is 1. The fraction of sp³-hybridized carbons (Fsp3) is 0.647. The second-order valence-electron chi connectivity index (χ2n) is 5.98. The van der Waals surface area contributed by atoms with Crippen LogP contribution in [-0.2, 0) is 6.42 Å². The summed E-state index contributed by atoms with van der Waals surface area (Å²) < 4.78 is 0. The Morgan fingerprint density at radius 3 is 2.79 bits per heavy atom. The molecule has 0 aromatic heterocycles. The lowest BCUT2D eigenvalue weighted by Gasteiger charge is -2.36. The number of fused-ring (bicyclic) bond motifs is 1. The highest BCUT2D eigenvalue weighted by atomic mass is 32.2. The first-order chi connectivity index (χ1) is 9.38. The van der Waals surface area contributed by atoms with Gasteiger partial charge >= 0.3 is 0 Å². The summed E-state index contributed by atoms with van der Waals surface area (Å²) in [6.45, 7) is 0. The molecule has 19 heavy (non-hydrogen) atoms. The number of hydrogen-bond acceptors (Lipinski definition) is 2. The van der Waals surface area contributed by atoms with Crippen molar-refractivity contribution in [3.63, 3.8) is 0 Å². The monoisotopic (exact) mass is 275 g/mol. The Bertz CT molecular complexity index is 417. The van der Waals surface area contributed by atoms with Crippen LogP contribution < -0.4 is 5.32 Å². The molecule has 0 saturated heterocycles. The van der Waals surface area contributed by atoms with Crippen molar-refractivity contribution in [3.05, 3.63) is 35.4 Å². The van der Waals surface area contributed by atoms with E-state index in [-0.39, 0.29) is 0 Å². The van der Waals surface area contributed by atoms with Gasteiger partial charge in [0, 0.05) is 17.3 Å². The fourth-order valence-corrected chi connectivity index (χ4v) is 4.70. The lowest BCUT2D eigenvalue weighted by Crippen LogP contribution is -2.43. The van der Waals surface area contributed by atoms with Crippen LogP contribution in [-0.4, -0.2) is 17.5 Å². The molecule has 1 nitrogen and oxygen atoms in total. The molecule has 3 atom stereocenters. The number of rotatable bonds is 3. The van der Waals surface area contributed by atoms with Gasteiger partial charge < -0.3 is 5.32 Å². The maximum atomic E-state index is 3.99. The van der Waals surface area contributed by atoms with Crippen molar-refractivity contribution >= 4 is 11.8 Å². The number of aryl methyl sites for hydroxylation is 1. The molecule has 0 spiro atoms. The Kier molecular flexibility index (Phi) is 4.49. The summed E-state index contributed by atoms with van der Waals surface area (Å²) in [4.78, 5) is 0. The van der Waals surface area contributed by atoms with Gasteiger partial charge in [0.25, 0.3) is 0 Å². The minimum Gasteiger partial charge on any atom is -0.306 e. The van der Waals surface area contributed by atoms with Gasteiger partial charge in [-0.25, -0.2) is 0 Å². The predicted molar refractivity (Wildman–Crippen MR) is 84.8 cm³/mol. The molecule has 2 aliphatic rings. The molecular weight excluding hydrogens is 250 g/mol. The normalized spacial score (nSPS) is 30.9. The maximum absolute atomic E-state index is 3.99. The minimum atomic E-state index is 0.600. The lowest BCUT2D eigenvalue weighted by molar-refractivity contribution is 0.329. The topological polar surface area (TPSA) is 12.0 Å². The average molecular weight is 275 g/mol. The Morgan fingerprint density at radius 2 is 1.89 bits per heavy atom. The van der Waals surface area contributed by atoms with Gasteiger partial charge in [-0.3, -0.25) is 0 Å². The van der Waals surface area contributed by atoms with Gasteiger partial charge in [-0.15, -0.1) is 0 Å². The third-order valence-electron chi connectivity index (χ3n) is 4.79. The zero-order chi connectivity index (χ0) is 13.1. The molecule has 104 valence electrons. The average Bonchev–Trinajstić information content (AvgIpc) is 2.48. The molecule has 1 aromatic carbocycles. The van der Waals surface area contributed by atoms with Crippen LogP contribution in [0.5, 0.6) is 0 Å². The summed E-state index contributed by atoms with van der Waals surface area (Å²) >= 11 is 2.06. The van der Waals surface area contributed by atoms with E-state index in [2.05, 4.69) is 47.6 Å². The minimum absolute atomic E-state index is 0.600. The zero-order valence-corrected chi connectivity index (χ0v) is 12.7. The van der Waals surface area contributed by atoms with Crippen molar-refractivity contribution in [2.45, 2.75) is 62.3 Å². The van der Waals surface area contributed by atoms with Gasteiger partial charge in [0.1, 0.15) is 0 Å². The molecule has 0 radical (unpaired) electrons. The number of hydrogen-bond donors (Lipinski definition) is 1. The third kappa shape index (κ3) is 3.00. The molecule has 0 heterocycles. The Labute approximate surface area is 121 Å². The van der Waals surface area contributed by atoms with Crippen LogP contribution in [0.3, 0.4) is 0 Å². The van der Waals surface area contributed by atoms with Crippen molar-refractivity contribution in [3.8, 4) is 0 Å². The number of thioether (sulfide) groups is 1. The van der Waals surface area contributed by atoms with Gasteiger partial charge in [0.15, 0.2) is 0 Å². The SMILES string of the molecule is CSC1CCCCC1NC1CCCc2ccccc21. The summed E-state index contributed by atoms with van der Waals surface area (Å²) in [6.07, 6.45) is 11.8. The lowest BCUT2D eigenvalue weighted by atomic mass is 9.86. The summed E-state index contributed by atoms with van der Waals surface area (Å²) in [7, 11) is 0. The highest BCUT2D eigenvalue weighted by Crippen LogP contribution is 2.33. The highest BCUT2D eigenvalue weighted by Gasteiger charge is 2.28. The van der Waals surface area contributed by atoms with Gasteiger partial charge in [0.2, 0.25) is 0 Å². The summed E-state index contributed by atoms with van der Waals surface area (Å²) in [5, 5.41) is 4.82. The smallest absolute Gasteiger partial charge is 0.0325 e.